The maximum atomic E-state index is 13.8. The number of methoxy groups -OCH3 is 1. The van der Waals surface area contributed by atoms with Crippen LogP contribution in [0.15, 0.2) is 84.9 Å². The highest BCUT2D eigenvalue weighted by atomic mass is 32.1. The lowest BCUT2D eigenvalue weighted by Gasteiger charge is -2.31. The molecule has 0 aliphatic carbocycles. The van der Waals surface area contributed by atoms with Crippen LogP contribution in [-0.4, -0.2) is 35.6 Å². The van der Waals surface area contributed by atoms with Crippen LogP contribution in [0.1, 0.15) is 25.5 Å². The largest absolute Gasteiger partial charge is 0.497 e. The standard InChI is InChI=1S/C27H29N3O2S/c1-19-18-29(23-12-8-5-9-13-23)27(33)30(19)26(31)20(2)25(21-10-6-4-7-11-21)28-22-14-16-24(32-3)17-15-22/h4-17,19-20,25,28H,18H2,1-3H3/t19-,20+,25-/m0/s1. The van der Waals surface area contributed by atoms with Gasteiger partial charge in [0.1, 0.15) is 5.75 Å². The lowest BCUT2D eigenvalue weighted by Crippen LogP contribution is -2.44. The van der Waals surface area contributed by atoms with Crippen molar-refractivity contribution in [2.75, 3.05) is 23.9 Å². The van der Waals surface area contributed by atoms with Crippen LogP contribution in [0.2, 0.25) is 0 Å². The zero-order valence-electron chi connectivity index (χ0n) is 19.1. The molecule has 1 fully saturated rings. The van der Waals surface area contributed by atoms with Crippen LogP contribution in [-0.2, 0) is 4.79 Å². The Hall–Kier alpha value is -3.38. The van der Waals surface area contributed by atoms with Gasteiger partial charge in [-0.05, 0) is 61.1 Å². The number of ether oxygens (including phenoxy) is 1. The molecule has 0 radical (unpaired) electrons. The summed E-state index contributed by atoms with van der Waals surface area (Å²) in [7, 11) is 1.65. The SMILES string of the molecule is COc1ccc(N[C@H](c2ccccc2)[C@@H](C)C(=O)N2C(=S)N(c3ccccc3)C[C@@H]2C)cc1. The first kappa shape index (κ1) is 22.8. The van der Waals surface area contributed by atoms with Crippen LogP contribution in [0.3, 0.4) is 0 Å². The topological polar surface area (TPSA) is 44.8 Å². The molecule has 3 aromatic rings. The fourth-order valence-electron chi connectivity index (χ4n) is 4.26. The number of rotatable bonds is 7. The van der Waals surface area contributed by atoms with Gasteiger partial charge in [0.05, 0.1) is 25.1 Å². The van der Waals surface area contributed by atoms with Gasteiger partial charge in [0.15, 0.2) is 5.11 Å². The number of para-hydroxylation sites is 1. The number of nitrogens with one attached hydrogen (secondary N) is 1. The Kier molecular flexibility index (Phi) is 6.94. The normalized spacial score (nSPS) is 17.5. The second-order valence-corrected chi connectivity index (χ2v) is 8.70. The second kappa shape index (κ2) is 10.0. The van der Waals surface area contributed by atoms with Crippen molar-refractivity contribution in [3.63, 3.8) is 0 Å². The minimum Gasteiger partial charge on any atom is -0.497 e. The minimum absolute atomic E-state index is 0.00920. The Balaban J connectivity index is 1.59. The van der Waals surface area contributed by atoms with Crippen LogP contribution >= 0.6 is 12.2 Å². The van der Waals surface area contributed by atoms with Gasteiger partial charge < -0.3 is 15.0 Å². The van der Waals surface area contributed by atoms with Gasteiger partial charge in [-0.1, -0.05) is 55.5 Å². The monoisotopic (exact) mass is 459 g/mol. The van der Waals surface area contributed by atoms with Crippen molar-refractivity contribution in [2.45, 2.75) is 25.9 Å². The number of nitrogens with zero attached hydrogens (tertiary/aromatic N) is 2. The number of benzene rings is 3. The number of amides is 1. The van der Waals surface area contributed by atoms with E-state index in [1.54, 1.807) is 12.0 Å². The number of carbonyl (C=O) groups is 1. The molecule has 1 saturated heterocycles. The summed E-state index contributed by atoms with van der Waals surface area (Å²) in [6.07, 6.45) is 0. The van der Waals surface area contributed by atoms with E-state index in [-0.39, 0.29) is 23.9 Å². The van der Waals surface area contributed by atoms with Crippen molar-refractivity contribution in [3.05, 3.63) is 90.5 Å². The van der Waals surface area contributed by atoms with Crippen LogP contribution in [0, 0.1) is 5.92 Å². The molecule has 0 aromatic heterocycles. The van der Waals surface area contributed by atoms with Gasteiger partial charge in [-0.2, -0.15) is 0 Å². The molecule has 4 rings (SSSR count). The van der Waals surface area contributed by atoms with Crippen LogP contribution in [0.4, 0.5) is 11.4 Å². The molecule has 170 valence electrons. The molecule has 6 heteroatoms. The van der Waals surface area contributed by atoms with E-state index < -0.39 is 0 Å². The third kappa shape index (κ3) is 4.86. The van der Waals surface area contributed by atoms with Crippen molar-refractivity contribution in [2.24, 2.45) is 5.92 Å². The highest BCUT2D eigenvalue weighted by Crippen LogP contribution is 2.32. The molecule has 0 unspecified atom stereocenters. The first-order valence-corrected chi connectivity index (χ1v) is 11.6. The van der Waals surface area contributed by atoms with E-state index in [0.717, 1.165) is 22.7 Å². The third-order valence-corrected chi connectivity index (χ3v) is 6.51. The molecule has 1 heterocycles. The summed E-state index contributed by atoms with van der Waals surface area (Å²) >= 11 is 5.77. The van der Waals surface area contributed by atoms with Crippen LogP contribution in [0.25, 0.3) is 0 Å². The molecular weight excluding hydrogens is 430 g/mol. The molecule has 1 N–H and O–H groups in total. The van der Waals surface area contributed by atoms with Gasteiger partial charge in [-0.3, -0.25) is 9.69 Å². The summed E-state index contributed by atoms with van der Waals surface area (Å²) in [4.78, 5) is 17.6. The lowest BCUT2D eigenvalue weighted by atomic mass is 9.92. The Morgan fingerprint density at radius 2 is 1.61 bits per heavy atom. The maximum absolute atomic E-state index is 13.8. The fraction of sp³-hybridized carbons (Fsp3) is 0.259. The molecular formula is C27H29N3O2S. The van der Waals surface area contributed by atoms with Crippen molar-refractivity contribution >= 4 is 34.6 Å². The molecule has 33 heavy (non-hydrogen) atoms. The van der Waals surface area contributed by atoms with Gasteiger partial charge >= 0.3 is 0 Å². The van der Waals surface area contributed by atoms with Crippen LogP contribution < -0.4 is 15.0 Å². The molecule has 3 atom stereocenters. The summed E-state index contributed by atoms with van der Waals surface area (Å²) < 4.78 is 5.27. The summed E-state index contributed by atoms with van der Waals surface area (Å²) in [6, 6.07) is 27.6. The fourth-order valence-corrected chi connectivity index (χ4v) is 4.71. The number of anilines is 2. The van der Waals surface area contributed by atoms with E-state index >= 15 is 0 Å². The quantitative estimate of drug-likeness (QED) is 0.472. The molecule has 0 spiro atoms. The summed E-state index contributed by atoms with van der Waals surface area (Å²) in [5, 5.41) is 4.12. The number of hydrogen-bond donors (Lipinski definition) is 1. The molecule has 1 aliphatic rings. The Labute approximate surface area is 201 Å². The van der Waals surface area contributed by atoms with Crippen molar-refractivity contribution in [1.82, 2.24) is 4.90 Å². The summed E-state index contributed by atoms with van der Waals surface area (Å²) in [6.45, 7) is 4.70. The van der Waals surface area contributed by atoms with Crippen molar-refractivity contribution in [3.8, 4) is 5.75 Å². The zero-order chi connectivity index (χ0) is 23.4. The molecule has 0 saturated carbocycles. The third-order valence-electron chi connectivity index (χ3n) is 6.09. The number of hydrogen-bond acceptors (Lipinski definition) is 4. The van der Waals surface area contributed by atoms with Gasteiger partial charge in [0, 0.05) is 17.9 Å². The van der Waals surface area contributed by atoms with Crippen molar-refractivity contribution < 1.29 is 9.53 Å². The summed E-state index contributed by atoms with van der Waals surface area (Å²) in [5.41, 5.74) is 2.98. The highest BCUT2D eigenvalue weighted by molar-refractivity contribution is 7.80. The Morgan fingerprint density at radius 3 is 2.21 bits per heavy atom. The molecule has 5 nitrogen and oxygen atoms in total. The predicted octanol–water partition coefficient (Wildman–Crippen LogP) is 5.51. The van der Waals surface area contributed by atoms with Gasteiger partial charge in [0.25, 0.3) is 0 Å². The highest BCUT2D eigenvalue weighted by Gasteiger charge is 2.40. The van der Waals surface area contributed by atoms with E-state index in [1.165, 1.54) is 0 Å². The first-order valence-electron chi connectivity index (χ1n) is 11.1. The zero-order valence-corrected chi connectivity index (χ0v) is 20.0. The van der Waals surface area contributed by atoms with Gasteiger partial charge in [-0.15, -0.1) is 0 Å². The summed E-state index contributed by atoms with van der Waals surface area (Å²) in [5.74, 6) is 0.463. The molecule has 1 amide bonds. The van der Waals surface area contributed by atoms with Gasteiger partial charge in [0.2, 0.25) is 5.91 Å². The average Bonchev–Trinajstić information content (AvgIpc) is 3.16. The van der Waals surface area contributed by atoms with E-state index in [1.807, 2.05) is 104 Å². The first-order chi connectivity index (χ1) is 16.0. The van der Waals surface area contributed by atoms with Gasteiger partial charge in [-0.25, -0.2) is 0 Å². The molecule has 3 aromatic carbocycles. The number of carbonyl (C=O) groups excluding carboxylic acids is 1. The van der Waals surface area contributed by atoms with E-state index in [2.05, 4.69) is 5.32 Å². The molecule has 1 aliphatic heterocycles. The van der Waals surface area contributed by atoms with E-state index in [9.17, 15) is 4.79 Å². The van der Waals surface area contributed by atoms with Crippen LogP contribution in [0.5, 0.6) is 5.75 Å². The number of thiocarbonyl (C=S) groups is 1. The predicted molar refractivity (Wildman–Crippen MR) is 138 cm³/mol. The van der Waals surface area contributed by atoms with E-state index in [4.69, 9.17) is 17.0 Å². The van der Waals surface area contributed by atoms with Crippen molar-refractivity contribution in [1.29, 1.82) is 0 Å². The average molecular weight is 460 g/mol. The molecule has 0 bridgehead atoms. The lowest BCUT2D eigenvalue weighted by molar-refractivity contribution is -0.132. The Bertz CT molecular complexity index is 1090. The van der Waals surface area contributed by atoms with E-state index in [0.29, 0.717) is 11.7 Å². The minimum atomic E-state index is -0.342. The maximum Gasteiger partial charge on any atom is 0.234 e. The second-order valence-electron chi connectivity index (χ2n) is 8.34. The smallest absolute Gasteiger partial charge is 0.234 e. The Morgan fingerprint density at radius 1 is 1.00 bits per heavy atom.